The largest absolute Gasteiger partial charge is 0.495 e. The summed E-state index contributed by atoms with van der Waals surface area (Å²) in [6.45, 7) is 3.31. The molecule has 2 aliphatic carbocycles. The number of hydrogen-bond donors (Lipinski definition) is 1. The maximum atomic E-state index is 5.68. The van der Waals surface area contributed by atoms with Gasteiger partial charge in [-0.05, 0) is 61.8 Å². The number of amidine groups is 1. The highest BCUT2D eigenvalue weighted by molar-refractivity contribution is 6.10. The van der Waals surface area contributed by atoms with E-state index >= 15 is 0 Å². The molecule has 26 heavy (non-hydrogen) atoms. The van der Waals surface area contributed by atoms with Crippen LogP contribution < -0.4 is 10.1 Å². The van der Waals surface area contributed by atoms with Crippen LogP contribution in [0.4, 0.5) is 5.69 Å². The summed E-state index contributed by atoms with van der Waals surface area (Å²) < 4.78 is 5.68. The van der Waals surface area contributed by atoms with Gasteiger partial charge in [-0.1, -0.05) is 18.3 Å². The van der Waals surface area contributed by atoms with Gasteiger partial charge < -0.3 is 10.1 Å². The standard InChI is InChI=1S/C22H27N3O/c1-23-20-22(6-4-7-22)17-14-19(26-2)16(13-18(17)24-20)5-3-11-25-12-10-21(15-25)8-9-21/h13-14H,4,6-12,15H2,1-2H3,(H,23,24). The first-order valence-corrected chi connectivity index (χ1v) is 9.86. The quantitative estimate of drug-likeness (QED) is 0.832. The van der Waals surface area contributed by atoms with E-state index in [0.29, 0.717) is 5.41 Å². The zero-order valence-electron chi connectivity index (χ0n) is 15.8. The number of aliphatic imine (C=N–C) groups is 1. The fraction of sp³-hybridized carbons (Fsp3) is 0.591. The van der Waals surface area contributed by atoms with Gasteiger partial charge in [-0.3, -0.25) is 9.89 Å². The Kier molecular flexibility index (Phi) is 3.59. The number of nitrogens with zero attached hydrogens (tertiary/aromatic N) is 2. The smallest absolute Gasteiger partial charge is 0.134 e. The number of rotatable bonds is 2. The number of ether oxygens (including phenoxy) is 1. The first-order chi connectivity index (χ1) is 12.7. The second-order valence-corrected chi connectivity index (χ2v) is 8.49. The lowest BCUT2D eigenvalue weighted by atomic mass is 9.65. The molecular formula is C22H27N3O. The molecule has 4 aliphatic rings. The van der Waals surface area contributed by atoms with E-state index in [1.165, 1.54) is 57.2 Å². The van der Waals surface area contributed by atoms with Gasteiger partial charge in [0.25, 0.3) is 0 Å². The van der Waals surface area contributed by atoms with Crippen LogP contribution in [0.25, 0.3) is 0 Å². The minimum atomic E-state index is 0.0947. The van der Waals surface area contributed by atoms with Crippen LogP contribution in [-0.4, -0.2) is 44.5 Å². The van der Waals surface area contributed by atoms with Crippen molar-refractivity contribution in [2.45, 2.75) is 43.9 Å². The fourth-order valence-electron chi connectivity index (χ4n) is 5.02. The van der Waals surface area contributed by atoms with Gasteiger partial charge in [-0.2, -0.15) is 0 Å². The van der Waals surface area contributed by atoms with Crippen molar-refractivity contribution in [1.82, 2.24) is 4.90 Å². The van der Waals surface area contributed by atoms with Crippen molar-refractivity contribution in [3.8, 4) is 17.6 Å². The van der Waals surface area contributed by atoms with Gasteiger partial charge in [0.1, 0.15) is 11.6 Å². The summed E-state index contributed by atoms with van der Waals surface area (Å²) in [5, 5.41) is 3.54. The lowest BCUT2D eigenvalue weighted by Gasteiger charge is -2.38. The molecule has 4 heteroatoms. The highest BCUT2D eigenvalue weighted by Crippen LogP contribution is 2.53. The number of nitrogens with one attached hydrogen (secondary N) is 1. The lowest BCUT2D eigenvalue weighted by Crippen LogP contribution is -2.41. The Bertz CT molecular complexity index is 837. The molecule has 0 unspecified atom stereocenters. The van der Waals surface area contributed by atoms with Gasteiger partial charge >= 0.3 is 0 Å². The molecule has 5 rings (SSSR count). The molecule has 1 N–H and O–H groups in total. The SMILES string of the molecule is CN=C1Nc2cc(C#CCN3CCC4(CC4)C3)c(OC)cc2C12CCC2. The highest BCUT2D eigenvalue weighted by atomic mass is 16.5. The van der Waals surface area contributed by atoms with Crippen molar-refractivity contribution in [2.24, 2.45) is 10.4 Å². The third-order valence-electron chi connectivity index (χ3n) is 6.99. The van der Waals surface area contributed by atoms with Crippen molar-refractivity contribution >= 4 is 11.5 Å². The second kappa shape index (κ2) is 5.76. The van der Waals surface area contributed by atoms with Gasteiger partial charge in [0.2, 0.25) is 0 Å². The Morgan fingerprint density at radius 3 is 2.69 bits per heavy atom. The lowest BCUT2D eigenvalue weighted by molar-refractivity contribution is 0.344. The predicted molar refractivity (Wildman–Crippen MR) is 105 cm³/mol. The predicted octanol–water partition coefficient (Wildman–Crippen LogP) is 3.41. The monoisotopic (exact) mass is 349 g/mol. The summed E-state index contributed by atoms with van der Waals surface area (Å²) in [4.78, 5) is 7.02. The van der Waals surface area contributed by atoms with Crippen molar-refractivity contribution in [3.05, 3.63) is 23.3 Å². The molecular weight excluding hydrogens is 322 g/mol. The van der Waals surface area contributed by atoms with E-state index < -0.39 is 0 Å². The van der Waals surface area contributed by atoms with Crippen LogP contribution in [0.2, 0.25) is 0 Å². The molecule has 2 spiro atoms. The molecule has 2 heterocycles. The summed E-state index contributed by atoms with van der Waals surface area (Å²) in [6, 6.07) is 4.35. The van der Waals surface area contributed by atoms with E-state index in [4.69, 9.17) is 4.74 Å². The molecule has 2 saturated carbocycles. The van der Waals surface area contributed by atoms with Gasteiger partial charge in [-0.15, -0.1) is 0 Å². The minimum Gasteiger partial charge on any atom is -0.495 e. The van der Waals surface area contributed by atoms with Crippen LogP contribution >= 0.6 is 0 Å². The van der Waals surface area contributed by atoms with Crippen LogP contribution in [0.15, 0.2) is 17.1 Å². The van der Waals surface area contributed by atoms with Crippen LogP contribution in [-0.2, 0) is 5.41 Å². The highest BCUT2D eigenvalue weighted by Gasteiger charge is 2.49. The van der Waals surface area contributed by atoms with Crippen molar-refractivity contribution in [1.29, 1.82) is 0 Å². The first kappa shape index (κ1) is 16.2. The van der Waals surface area contributed by atoms with Crippen molar-refractivity contribution in [2.75, 3.05) is 39.1 Å². The summed E-state index contributed by atoms with van der Waals surface area (Å²) in [7, 11) is 3.63. The van der Waals surface area contributed by atoms with E-state index in [-0.39, 0.29) is 5.41 Å². The minimum absolute atomic E-state index is 0.0947. The molecule has 136 valence electrons. The summed E-state index contributed by atoms with van der Waals surface area (Å²) in [6.07, 6.45) is 7.81. The zero-order chi connectivity index (χ0) is 17.8. The number of benzene rings is 1. The summed E-state index contributed by atoms with van der Waals surface area (Å²) >= 11 is 0. The normalized spacial score (nSPS) is 25.5. The molecule has 0 aromatic heterocycles. The van der Waals surface area contributed by atoms with Gasteiger partial charge in [0.05, 0.1) is 24.6 Å². The topological polar surface area (TPSA) is 36.9 Å². The fourth-order valence-corrected chi connectivity index (χ4v) is 5.02. The van der Waals surface area contributed by atoms with Crippen LogP contribution in [0, 0.1) is 17.3 Å². The molecule has 0 radical (unpaired) electrons. The second-order valence-electron chi connectivity index (χ2n) is 8.49. The van der Waals surface area contributed by atoms with Gasteiger partial charge in [0.15, 0.2) is 0 Å². The maximum Gasteiger partial charge on any atom is 0.134 e. The molecule has 1 aromatic rings. The van der Waals surface area contributed by atoms with E-state index in [1.54, 1.807) is 7.11 Å². The Labute approximate surface area is 156 Å². The summed E-state index contributed by atoms with van der Waals surface area (Å²) in [5.74, 6) is 8.75. The molecule has 1 saturated heterocycles. The average molecular weight is 349 g/mol. The van der Waals surface area contributed by atoms with Crippen LogP contribution in [0.3, 0.4) is 0 Å². The van der Waals surface area contributed by atoms with E-state index in [2.05, 4.69) is 39.2 Å². The Morgan fingerprint density at radius 2 is 2.08 bits per heavy atom. The first-order valence-electron chi connectivity index (χ1n) is 9.86. The van der Waals surface area contributed by atoms with Crippen molar-refractivity contribution in [3.63, 3.8) is 0 Å². The zero-order valence-corrected chi connectivity index (χ0v) is 15.8. The van der Waals surface area contributed by atoms with Gasteiger partial charge in [-0.25, -0.2) is 0 Å². The van der Waals surface area contributed by atoms with Crippen molar-refractivity contribution < 1.29 is 4.74 Å². The molecule has 4 nitrogen and oxygen atoms in total. The molecule has 0 amide bonds. The Morgan fingerprint density at radius 1 is 1.23 bits per heavy atom. The number of hydrogen-bond acceptors (Lipinski definition) is 3. The number of anilines is 1. The molecule has 1 aromatic carbocycles. The van der Waals surface area contributed by atoms with E-state index in [1.807, 2.05) is 7.05 Å². The molecule has 0 atom stereocenters. The summed E-state index contributed by atoms with van der Waals surface area (Å²) in [5.41, 5.74) is 4.24. The molecule has 2 aliphatic heterocycles. The van der Waals surface area contributed by atoms with Crippen LogP contribution in [0.1, 0.15) is 49.7 Å². The maximum absolute atomic E-state index is 5.68. The Balaban J connectivity index is 1.40. The van der Waals surface area contributed by atoms with Crippen LogP contribution in [0.5, 0.6) is 5.75 Å². The Hall–Kier alpha value is -1.99. The van der Waals surface area contributed by atoms with Gasteiger partial charge in [0, 0.05) is 19.3 Å². The molecule has 0 bridgehead atoms. The molecule has 3 fully saturated rings. The number of fused-ring (bicyclic) bond motifs is 2. The van der Waals surface area contributed by atoms with E-state index in [9.17, 15) is 0 Å². The third-order valence-corrected chi connectivity index (χ3v) is 6.99. The number of methoxy groups -OCH3 is 1. The number of likely N-dealkylation sites (tertiary alicyclic amines) is 1. The third kappa shape index (κ3) is 2.37. The average Bonchev–Trinajstić information content (AvgIpc) is 3.11. The van der Waals surface area contributed by atoms with E-state index in [0.717, 1.165) is 29.4 Å².